The van der Waals surface area contributed by atoms with Crippen LogP contribution in [0.3, 0.4) is 0 Å². The zero-order chi connectivity index (χ0) is 12.6. The number of esters is 1. The van der Waals surface area contributed by atoms with Crippen molar-refractivity contribution >= 4 is 5.97 Å². The minimum absolute atomic E-state index is 0.161. The molecule has 4 heteroatoms. The van der Waals surface area contributed by atoms with Crippen LogP contribution in [0.4, 0.5) is 0 Å². The summed E-state index contributed by atoms with van der Waals surface area (Å²) < 4.78 is 4.56. The molecule has 0 aliphatic heterocycles. The van der Waals surface area contributed by atoms with E-state index in [9.17, 15) is 4.79 Å². The zero-order valence-electron chi connectivity index (χ0n) is 10.7. The summed E-state index contributed by atoms with van der Waals surface area (Å²) in [5.41, 5.74) is -0.267. The molecule has 0 fully saturated rings. The maximum Gasteiger partial charge on any atom is 0.305 e. The Morgan fingerprint density at radius 3 is 2.56 bits per heavy atom. The summed E-state index contributed by atoms with van der Waals surface area (Å²) in [7, 11) is 3.41. The number of rotatable bonds is 7. The van der Waals surface area contributed by atoms with Crippen LogP contribution in [0.5, 0.6) is 0 Å². The Hall–Kier alpha value is -1.08. The third-order valence-corrected chi connectivity index (χ3v) is 2.57. The van der Waals surface area contributed by atoms with E-state index < -0.39 is 0 Å². The van der Waals surface area contributed by atoms with Gasteiger partial charge in [0.25, 0.3) is 0 Å². The van der Waals surface area contributed by atoms with Gasteiger partial charge in [-0.3, -0.25) is 4.79 Å². The van der Waals surface area contributed by atoms with Crippen molar-refractivity contribution in [1.29, 1.82) is 5.26 Å². The second-order valence-corrected chi connectivity index (χ2v) is 4.73. The van der Waals surface area contributed by atoms with Gasteiger partial charge in [-0.25, -0.2) is 0 Å². The van der Waals surface area contributed by atoms with Crippen LogP contribution in [-0.2, 0) is 9.53 Å². The molecule has 16 heavy (non-hydrogen) atoms. The first-order valence-electron chi connectivity index (χ1n) is 5.58. The van der Waals surface area contributed by atoms with E-state index in [-0.39, 0.29) is 11.4 Å². The molecular formula is C12H22N2O2. The van der Waals surface area contributed by atoms with Gasteiger partial charge in [0.1, 0.15) is 0 Å². The highest BCUT2D eigenvalue weighted by molar-refractivity contribution is 5.69. The number of nitriles is 1. The fourth-order valence-corrected chi connectivity index (χ4v) is 1.23. The van der Waals surface area contributed by atoms with Crippen LogP contribution < -0.4 is 0 Å². The third-order valence-electron chi connectivity index (χ3n) is 2.57. The minimum Gasteiger partial charge on any atom is -0.469 e. The van der Waals surface area contributed by atoms with Crippen molar-refractivity contribution in [2.45, 2.75) is 33.1 Å². The first-order chi connectivity index (χ1) is 7.41. The number of ether oxygens (including phenoxy) is 1. The summed E-state index contributed by atoms with van der Waals surface area (Å²) in [4.78, 5) is 13.0. The normalized spacial score (nSPS) is 11.2. The lowest BCUT2D eigenvalue weighted by Crippen LogP contribution is -2.25. The average Bonchev–Trinajstić information content (AvgIpc) is 2.26. The Morgan fingerprint density at radius 1 is 1.44 bits per heavy atom. The lowest BCUT2D eigenvalue weighted by Gasteiger charge is -2.21. The van der Waals surface area contributed by atoms with E-state index in [4.69, 9.17) is 5.26 Å². The number of carbonyl (C=O) groups is 1. The highest BCUT2D eigenvalue weighted by Crippen LogP contribution is 2.18. The molecule has 0 amide bonds. The number of hydrogen-bond acceptors (Lipinski definition) is 4. The predicted molar refractivity (Wildman–Crippen MR) is 62.8 cm³/mol. The van der Waals surface area contributed by atoms with Crippen LogP contribution in [0.2, 0.25) is 0 Å². The van der Waals surface area contributed by atoms with Gasteiger partial charge < -0.3 is 9.64 Å². The number of nitrogens with zero attached hydrogens (tertiary/aromatic N) is 2. The van der Waals surface area contributed by atoms with E-state index in [0.29, 0.717) is 6.42 Å². The van der Waals surface area contributed by atoms with Crippen molar-refractivity contribution in [1.82, 2.24) is 4.90 Å². The summed E-state index contributed by atoms with van der Waals surface area (Å²) in [6.07, 6.45) is 2.11. The molecule has 0 N–H and O–H groups in total. The average molecular weight is 226 g/mol. The highest BCUT2D eigenvalue weighted by Gasteiger charge is 2.16. The van der Waals surface area contributed by atoms with E-state index in [1.165, 1.54) is 7.11 Å². The summed E-state index contributed by atoms with van der Waals surface area (Å²) in [6, 6.07) is 2.28. The summed E-state index contributed by atoms with van der Waals surface area (Å²) in [6.45, 7) is 5.61. The molecule has 0 heterocycles. The molecule has 0 spiro atoms. The molecule has 0 aromatic rings. The fourth-order valence-electron chi connectivity index (χ4n) is 1.23. The van der Waals surface area contributed by atoms with Gasteiger partial charge in [0, 0.05) is 6.42 Å². The second kappa shape index (κ2) is 7.24. The quantitative estimate of drug-likeness (QED) is 0.621. The minimum atomic E-state index is -0.267. The summed E-state index contributed by atoms with van der Waals surface area (Å²) in [5.74, 6) is -0.161. The zero-order valence-corrected chi connectivity index (χ0v) is 10.7. The lowest BCUT2D eigenvalue weighted by atomic mass is 9.91. The fraction of sp³-hybridized carbons (Fsp3) is 0.833. The summed E-state index contributed by atoms with van der Waals surface area (Å²) in [5, 5.41) is 8.86. The third kappa shape index (κ3) is 7.24. The second-order valence-electron chi connectivity index (χ2n) is 4.73. The molecular weight excluding hydrogens is 204 g/mol. The maximum absolute atomic E-state index is 10.9. The number of carbonyl (C=O) groups excluding carboxylic acids is 1. The molecule has 0 aliphatic rings. The maximum atomic E-state index is 10.9. The van der Waals surface area contributed by atoms with E-state index in [1.54, 1.807) is 0 Å². The van der Waals surface area contributed by atoms with E-state index in [0.717, 1.165) is 25.9 Å². The SMILES string of the molecule is COC(=O)CCCN(C)CCC(C)(C)C#N. The van der Waals surface area contributed by atoms with E-state index >= 15 is 0 Å². The van der Waals surface area contributed by atoms with E-state index in [1.807, 2.05) is 20.9 Å². The molecule has 0 atom stereocenters. The molecule has 0 aliphatic carbocycles. The van der Waals surface area contributed by atoms with Crippen LogP contribution in [0.15, 0.2) is 0 Å². The van der Waals surface area contributed by atoms with Gasteiger partial charge in [0.05, 0.1) is 18.6 Å². The van der Waals surface area contributed by atoms with Crippen LogP contribution >= 0.6 is 0 Å². The van der Waals surface area contributed by atoms with E-state index in [2.05, 4.69) is 15.7 Å². The lowest BCUT2D eigenvalue weighted by molar-refractivity contribution is -0.140. The Balaban J connectivity index is 3.64. The van der Waals surface area contributed by atoms with Crippen molar-refractivity contribution < 1.29 is 9.53 Å². The Kier molecular flexibility index (Phi) is 6.75. The summed E-state index contributed by atoms with van der Waals surface area (Å²) >= 11 is 0. The monoisotopic (exact) mass is 226 g/mol. The van der Waals surface area contributed by atoms with Crippen LogP contribution in [0, 0.1) is 16.7 Å². The van der Waals surface area contributed by atoms with Gasteiger partial charge in [0.2, 0.25) is 0 Å². The molecule has 0 saturated heterocycles. The van der Waals surface area contributed by atoms with Crippen molar-refractivity contribution in [2.75, 3.05) is 27.2 Å². The number of hydrogen-bond donors (Lipinski definition) is 0. The molecule has 0 aromatic carbocycles. The molecule has 92 valence electrons. The van der Waals surface area contributed by atoms with Crippen LogP contribution in [-0.4, -0.2) is 38.1 Å². The molecule has 0 radical (unpaired) electrons. The Labute approximate surface area is 98.2 Å². The molecule has 4 nitrogen and oxygen atoms in total. The van der Waals surface area contributed by atoms with Crippen LogP contribution in [0.25, 0.3) is 0 Å². The first kappa shape index (κ1) is 14.9. The van der Waals surface area contributed by atoms with Gasteiger partial charge in [-0.2, -0.15) is 5.26 Å². The topological polar surface area (TPSA) is 53.3 Å². The van der Waals surface area contributed by atoms with Crippen LogP contribution in [0.1, 0.15) is 33.1 Å². The molecule has 0 rings (SSSR count). The Morgan fingerprint density at radius 2 is 2.06 bits per heavy atom. The molecule has 0 saturated carbocycles. The van der Waals surface area contributed by atoms with Gasteiger partial charge in [-0.15, -0.1) is 0 Å². The molecule has 0 aromatic heterocycles. The van der Waals surface area contributed by atoms with Gasteiger partial charge in [0.15, 0.2) is 0 Å². The highest BCUT2D eigenvalue weighted by atomic mass is 16.5. The van der Waals surface area contributed by atoms with Crippen molar-refractivity contribution in [3.05, 3.63) is 0 Å². The van der Waals surface area contributed by atoms with Gasteiger partial charge >= 0.3 is 5.97 Å². The van der Waals surface area contributed by atoms with Gasteiger partial charge in [-0.05, 0) is 46.8 Å². The van der Waals surface area contributed by atoms with Crippen molar-refractivity contribution in [2.24, 2.45) is 5.41 Å². The van der Waals surface area contributed by atoms with Crippen molar-refractivity contribution in [3.63, 3.8) is 0 Å². The molecule has 0 unspecified atom stereocenters. The smallest absolute Gasteiger partial charge is 0.305 e. The standard InChI is InChI=1S/C12H22N2O2/c1-12(2,10-13)7-9-14(3)8-5-6-11(15)16-4/h5-9H2,1-4H3. The molecule has 0 bridgehead atoms. The predicted octanol–water partition coefficient (Wildman–Crippen LogP) is 1.81. The first-order valence-corrected chi connectivity index (χ1v) is 5.58. The van der Waals surface area contributed by atoms with Gasteiger partial charge in [-0.1, -0.05) is 0 Å². The van der Waals surface area contributed by atoms with Crippen molar-refractivity contribution in [3.8, 4) is 6.07 Å². The largest absolute Gasteiger partial charge is 0.469 e. The number of methoxy groups -OCH3 is 1. The Bertz CT molecular complexity index is 256.